The Morgan fingerprint density at radius 1 is 0.724 bits per heavy atom. The second kappa shape index (κ2) is 9.78. The first-order chi connectivity index (χ1) is 14.0. The van der Waals surface area contributed by atoms with Crippen molar-refractivity contribution >= 4 is 22.4 Å². The van der Waals surface area contributed by atoms with E-state index in [0.717, 1.165) is 37.7 Å². The van der Waals surface area contributed by atoms with Crippen LogP contribution >= 0.6 is 0 Å². The molecule has 0 fully saturated rings. The topological polar surface area (TPSA) is 0 Å². The molecule has 152 valence electrons. The number of benzene rings is 3. The fourth-order valence-corrected chi connectivity index (χ4v) is 3.59. The summed E-state index contributed by atoms with van der Waals surface area (Å²) in [6.07, 6.45) is 5.85. The van der Waals surface area contributed by atoms with E-state index >= 15 is 0 Å². The number of halogens is 3. The van der Waals surface area contributed by atoms with Gasteiger partial charge in [0.1, 0.15) is 5.82 Å². The maximum Gasteiger partial charge on any atom is 0.166 e. The number of rotatable bonds is 8. The molecule has 0 unspecified atom stereocenters. The highest BCUT2D eigenvalue weighted by molar-refractivity contribution is 5.90. The van der Waals surface area contributed by atoms with Crippen LogP contribution in [0.15, 0.2) is 54.6 Å². The van der Waals surface area contributed by atoms with E-state index in [1.165, 1.54) is 18.2 Å². The molecule has 3 aromatic rings. The minimum atomic E-state index is -0.927. The maximum absolute atomic E-state index is 14.8. The predicted molar refractivity (Wildman–Crippen MR) is 117 cm³/mol. The van der Waals surface area contributed by atoms with Crippen molar-refractivity contribution in [2.45, 2.75) is 52.4 Å². The van der Waals surface area contributed by atoms with Crippen molar-refractivity contribution in [1.29, 1.82) is 0 Å². The molecule has 0 nitrogen and oxygen atoms in total. The molecular weight excluding hydrogens is 369 g/mol. The number of hydrogen-bond acceptors (Lipinski definition) is 0. The summed E-state index contributed by atoms with van der Waals surface area (Å²) in [7, 11) is 0. The first kappa shape index (κ1) is 21.2. The van der Waals surface area contributed by atoms with Crippen LogP contribution in [0.4, 0.5) is 13.2 Å². The second-order valence-corrected chi connectivity index (χ2v) is 7.51. The molecule has 0 saturated carbocycles. The van der Waals surface area contributed by atoms with Crippen molar-refractivity contribution in [2.24, 2.45) is 0 Å². The van der Waals surface area contributed by atoms with Gasteiger partial charge >= 0.3 is 0 Å². The fourth-order valence-electron chi connectivity index (χ4n) is 3.59. The van der Waals surface area contributed by atoms with Gasteiger partial charge in [-0.3, -0.25) is 0 Å². The van der Waals surface area contributed by atoms with E-state index in [1.807, 2.05) is 19.1 Å². The molecule has 0 aliphatic carbocycles. The van der Waals surface area contributed by atoms with E-state index in [4.69, 9.17) is 0 Å². The fraction of sp³-hybridized carbons (Fsp3) is 0.308. The monoisotopic (exact) mass is 396 g/mol. The van der Waals surface area contributed by atoms with Crippen LogP contribution in [0.1, 0.15) is 61.8 Å². The van der Waals surface area contributed by atoms with Crippen molar-refractivity contribution in [1.82, 2.24) is 0 Å². The van der Waals surface area contributed by atoms with Crippen LogP contribution in [0.2, 0.25) is 0 Å². The molecule has 3 rings (SSSR count). The Balaban J connectivity index is 1.87. The normalized spacial score (nSPS) is 12.3. The van der Waals surface area contributed by atoms with Gasteiger partial charge in [0.2, 0.25) is 0 Å². The predicted octanol–water partition coefficient (Wildman–Crippen LogP) is 8.43. The molecule has 0 bridgehead atoms. The van der Waals surface area contributed by atoms with Gasteiger partial charge in [-0.2, -0.15) is 0 Å². The highest BCUT2D eigenvalue weighted by atomic mass is 19.2. The van der Waals surface area contributed by atoms with Crippen molar-refractivity contribution in [3.8, 4) is 0 Å². The van der Waals surface area contributed by atoms with Crippen LogP contribution in [-0.2, 0) is 12.8 Å². The quantitative estimate of drug-likeness (QED) is 0.265. The smallest absolute Gasteiger partial charge is 0.166 e. The van der Waals surface area contributed by atoms with E-state index < -0.39 is 11.7 Å². The van der Waals surface area contributed by atoms with E-state index in [-0.39, 0.29) is 16.9 Å². The summed E-state index contributed by atoms with van der Waals surface area (Å²) in [5.74, 6) is -2.10. The van der Waals surface area contributed by atoms with Gasteiger partial charge in [0, 0.05) is 16.5 Å². The molecule has 0 heterocycles. The molecule has 0 spiro atoms. The first-order valence-corrected chi connectivity index (χ1v) is 10.4. The van der Waals surface area contributed by atoms with E-state index in [1.54, 1.807) is 24.3 Å². The van der Waals surface area contributed by atoms with Crippen LogP contribution in [0.3, 0.4) is 0 Å². The van der Waals surface area contributed by atoms with Crippen LogP contribution in [0.5, 0.6) is 0 Å². The summed E-state index contributed by atoms with van der Waals surface area (Å²) in [6.45, 7) is 4.14. The lowest BCUT2D eigenvalue weighted by Crippen LogP contribution is -1.92. The number of unbranched alkanes of at least 4 members (excludes halogenated alkanes) is 2. The Bertz CT molecular complexity index is 1000. The Kier molecular flexibility index (Phi) is 7.13. The van der Waals surface area contributed by atoms with Crippen molar-refractivity contribution in [2.75, 3.05) is 0 Å². The van der Waals surface area contributed by atoms with Crippen LogP contribution < -0.4 is 0 Å². The molecule has 0 atom stereocenters. The summed E-state index contributed by atoms with van der Waals surface area (Å²) in [5.41, 5.74) is 2.10. The number of aryl methyl sites for hydroxylation is 2. The lowest BCUT2D eigenvalue weighted by Gasteiger charge is -2.08. The average Bonchev–Trinajstić information content (AvgIpc) is 2.75. The molecule has 29 heavy (non-hydrogen) atoms. The van der Waals surface area contributed by atoms with Crippen LogP contribution in [-0.4, -0.2) is 0 Å². The SMILES string of the molecule is CCCCCc1ccc(C(F)=C(F)c2ccc3c(F)c(CCC)ccc3c2)cc1. The second-order valence-electron chi connectivity index (χ2n) is 7.51. The van der Waals surface area contributed by atoms with Gasteiger partial charge in [0.15, 0.2) is 11.7 Å². The van der Waals surface area contributed by atoms with Gasteiger partial charge in [-0.1, -0.05) is 81.6 Å². The summed E-state index contributed by atoms with van der Waals surface area (Å²) < 4.78 is 44.1. The standard InChI is InChI=1S/C26H27F3/c1-3-5-6-8-18-9-11-20(12-10-18)25(28)26(29)22-15-16-23-21(17-22)14-13-19(7-4-2)24(23)27/h9-17H,3-8H2,1-2H3. The summed E-state index contributed by atoms with van der Waals surface area (Å²) >= 11 is 0. The third-order valence-corrected chi connectivity index (χ3v) is 5.28. The first-order valence-electron chi connectivity index (χ1n) is 10.4. The van der Waals surface area contributed by atoms with Gasteiger partial charge in [-0.05, 0) is 41.8 Å². The lowest BCUT2D eigenvalue weighted by molar-refractivity contribution is 0.619. The zero-order chi connectivity index (χ0) is 20.8. The van der Waals surface area contributed by atoms with Gasteiger partial charge in [0.05, 0.1) is 0 Å². The van der Waals surface area contributed by atoms with Crippen LogP contribution in [0.25, 0.3) is 22.4 Å². The molecule has 0 saturated heterocycles. The van der Waals surface area contributed by atoms with Gasteiger partial charge < -0.3 is 0 Å². The summed E-state index contributed by atoms with van der Waals surface area (Å²) in [4.78, 5) is 0. The van der Waals surface area contributed by atoms with Crippen LogP contribution in [0, 0.1) is 5.82 Å². The van der Waals surface area contributed by atoms with Gasteiger partial charge in [0.25, 0.3) is 0 Å². The molecule has 3 heteroatoms. The zero-order valence-electron chi connectivity index (χ0n) is 17.1. The third kappa shape index (κ3) is 4.90. The molecule has 0 N–H and O–H groups in total. The Labute approximate surface area is 171 Å². The zero-order valence-corrected chi connectivity index (χ0v) is 17.1. The Morgan fingerprint density at radius 3 is 2.10 bits per heavy atom. The third-order valence-electron chi connectivity index (χ3n) is 5.28. The average molecular weight is 396 g/mol. The molecule has 0 aliphatic rings. The lowest BCUT2D eigenvalue weighted by atomic mass is 10.00. The molecule has 0 aliphatic heterocycles. The molecular formula is C26H27F3. The molecule has 0 aromatic heterocycles. The largest absolute Gasteiger partial charge is 0.206 e. The van der Waals surface area contributed by atoms with E-state index in [2.05, 4.69) is 6.92 Å². The molecule has 0 amide bonds. The van der Waals surface area contributed by atoms with Crippen molar-refractivity contribution < 1.29 is 13.2 Å². The van der Waals surface area contributed by atoms with Gasteiger partial charge in [-0.25, -0.2) is 13.2 Å². The highest BCUT2D eigenvalue weighted by Gasteiger charge is 2.14. The van der Waals surface area contributed by atoms with Crippen molar-refractivity contribution in [3.63, 3.8) is 0 Å². The highest BCUT2D eigenvalue weighted by Crippen LogP contribution is 2.32. The minimum Gasteiger partial charge on any atom is -0.206 e. The van der Waals surface area contributed by atoms with Gasteiger partial charge in [-0.15, -0.1) is 0 Å². The summed E-state index contributed by atoms with van der Waals surface area (Å²) in [5, 5.41) is 0.999. The Morgan fingerprint density at radius 2 is 1.41 bits per heavy atom. The summed E-state index contributed by atoms with van der Waals surface area (Å²) in [6, 6.07) is 14.9. The Hall–Kier alpha value is -2.55. The van der Waals surface area contributed by atoms with E-state index in [9.17, 15) is 13.2 Å². The van der Waals surface area contributed by atoms with E-state index in [0.29, 0.717) is 22.8 Å². The maximum atomic E-state index is 14.8. The number of hydrogen-bond donors (Lipinski definition) is 0. The van der Waals surface area contributed by atoms with Crippen molar-refractivity contribution in [3.05, 3.63) is 82.7 Å². The minimum absolute atomic E-state index is 0.115. The molecule has 0 radical (unpaired) electrons. The number of fused-ring (bicyclic) bond motifs is 1. The molecule has 3 aromatic carbocycles.